The maximum absolute atomic E-state index is 14.8. The maximum atomic E-state index is 14.8. The highest BCUT2D eigenvalue weighted by atomic mass is 35.5. The molecule has 0 aromatic heterocycles. The first kappa shape index (κ1) is 102. The molecule has 13 rings (SSSR count). The van der Waals surface area contributed by atoms with Gasteiger partial charge in [-0.25, -0.2) is 8.78 Å². The van der Waals surface area contributed by atoms with Crippen molar-refractivity contribution in [2.45, 2.75) is 208 Å². The maximum Gasteiger partial charge on any atom is 0.416 e. The van der Waals surface area contributed by atoms with Crippen LogP contribution in [0.3, 0.4) is 0 Å². The lowest BCUT2D eigenvalue weighted by Gasteiger charge is -2.33. The molecule has 4 atom stereocenters. The highest BCUT2D eigenvalue weighted by Gasteiger charge is 2.44. The second-order valence-corrected chi connectivity index (χ2v) is 32.9. The molecule has 0 spiro atoms. The van der Waals surface area contributed by atoms with Gasteiger partial charge in [-0.05, 0) is 196 Å². The number of benzene rings is 8. The second-order valence-electron chi connectivity index (χ2n) is 32.1. The van der Waals surface area contributed by atoms with E-state index in [9.17, 15) is 99.8 Å². The lowest BCUT2D eigenvalue weighted by atomic mass is 9.94. The van der Waals surface area contributed by atoms with Crippen molar-refractivity contribution < 1.29 is 109 Å². The Bertz CT molecular complexity index is 5660. The number of terminal acetylenes is 4. The van der Waals surface area contributed by atoms with Crippen LogP contribution in [0, 0.1) is 67.9 Å². The number of anilines is 4. The van der Waals surface area contributed by atoms with Crippen molar-refractivity contribution in [3.8, 4) is 60.9 Å². The number of hydrogen-bond donors (Lipinski definition) is 4. The van der Waals surface area contributed by atoms with E-state index in [1.165, 1.54) is 42.5 Å². The van der Waals surface area contributed by atoms with Crippen molar-refractivity contribution >= 4 is 93.2 Å². The summed E-state index contributed by atoms with van der Waals surface area (Å²) in [4.78, 5) is 109. The van der Waals surface area contributed by atoms with Crippen LogP contribution in [0.25, 0.3) is 0 Å². The van der Waals surface area contributed by atoms with Gasteiger partial charge in [-0.15, -0.1) is 25.7 Å². The van der Waals surface area contributed by atoms with Crippen LogP contribution < -0.4 is 50.3 Å². The van der Waals surface area contributed by atoms with Crippen molar-refractivity contribution in [1.29, 1.82) is 0 Å². The molecule has 1 heterocycles. The lowest BCUT2D eigenvalue weighted by Crippen LogP contribution is -2.47. The number of hydrogen-bond acceptors (Lipinski definition) is 10. The summed E-state index contributed by atoms with van der Waals surface area (Å²) in [6, 6.07) is 28.5. The molecule has 4 saturated carbocycles. The summed E-state index contributed by atoms with van der Waals surface area (Å²) in [7, 11) is 0. The van der Waals surface area contributed by atoms with E-state index in [4.69, 9.17) is 58.4 Å². The largest absolute Gasteiger partial charge is 0.486 e. The van der Waals surface area contributed by atoms with Gasteiger partial charge in [-0.3, -0.25) is 58.0 Å². The average molecular weight is 1890 g/mol. The summed E-state index contributed by atoms with van der Waals surface area (Å²) in [5.74, 6) is -0.0226. The summed E-state index contributed by atoms with van der Waals surface area (Å²) in [6.07, 6.45) is 20.5. The zero-order valence-electron chi connectivity index (χ0n) is 71.6. The molecule has 1 aliphatic heterocycles. The van der Waals surface area contributed by atoms with E-state index in [2.05, 4.69) is 21.3 Å². The number of halogens is 16. The Labute approximate surface area is 769 Å². The van der Waals surface area contributed by atoms with E-state index in [0.29, 0.717) is 65.7 Å². The second kappa shape index (κ2) is 46.4. The third-order valence-corrected chi connectivity index (χ3v) is 23.4. The van der Waals surface area contributed by atoms with Crippen LogP contribution in [0.1, 0.15) is 203 Å². The Kier molecular flexibility index (Phi) is 35.6. The van der Waals surface area contributed by atoms with E-state index in [-0.39, 0.29) is 62.5 Å². The van der Waals surface area contributed by atoms with E-state index in [1.807, 2.05) is 30.8 Å². The fourth-order valence-electron chi connectivity index (χ4n) is 16.4. The van der Waals surface area contributed by atoms with Crippen LogP contribution in [0.5, 0.6) is 11.5 Å². The van der Waals surface area contributed by atoms with Crippen LogP contribution in [0.2, 0.25) is 10.0 Å². The molecule has 4 aliphatic carbocycles. The third kappa shape index (κ3) is 27.3. The predicted molar refractivity (Wildman–Crippen MR) is 474 cm³/mol. The summed E-state index contributed by atoms with van der Waals surface area (Å²) in [5.41, 5.74) is -3.41. The van der Waals surface area contributed by atoms with Crippen molar-refractivity contribution in [2.24, 2.45) is 0 Å². The van der Waals surface area contributed by atoms with E-state index >= 15 is 0 Å². The van der Waals surface area contributed by atoms with Gasteiger partial charge in [0.2, 0.25) is 23.6 Å². The van der Waals surface area contributed by atoms with Gasteiger partial charge in [0, 0.05) is 74.2 Å². The minimum Gasteiger partial charge on any atom is -0.486 e. The zero-order valence-corrected chi connectivity index (χ0v) is 73.2. The summed E-state index contributed by atoms with van der Waals surface area (Å²) < 4.78 is 200. The van der Waals surface area contributed by atoms with Gasteiger partial charge < -0.3 is 30.7 Å². The molecule has 4 unspecified atom stereocenters. The number of amides is 8. The van der Waals surface area contributed by atoms with E-state index in [1.54, 1.807) is 48.4 Å². The van der Waals surface area contributed by atoms with Gasteiger partial charge in [0.25, 0.3) is 0 Å². The highest BCUT2D eigenvalue weighted by Crippen LogP contribution is 2.44. The molecule has 4 fully saturated rings. The molecule has 34 heteroatoms. The van der Waals surface area contributed by atoms with Gasteiger partial charge in [-0.2, -0.15) is 52.7 Å². The predicted octanol–water partition coefficient (Wildman–Crippen LogP) is 21.1. The minimum absolute atomic E-state index is 0.0483. The first-order valence-electron chi connectivity index (χ1n) is 42.7. The minimum atomic E-state index is -4.73. The molecule has 5 aliphatic rings. The van der Waals surface area contributed by atoms with Crippen LogP contribution in [0.15, 0.2) is 176 Å². The normalized spacial score (nSPS) is 15.7. The molecule has 18 nitrogen and oxygen atoms in total. The van der Waals surface area contributed by atoms with Crippen LogP contribution in [-0.2, 0) is 63.1 Å². The number of nitrogens with zero attached hydrogens (tertiary/aromatic N) is 4. The number of fused-ring (bicyclic) bond motifs is 1. The Morgan fingerprint density at radius 1 is 0.353 bits per heavy atom. The van der Waals surface area contributed by atoms with Crippen molar-refractivity contribution in [1.82, 2.24) is 21.3 Å². The molecule has 8 aromatic rings. The molecule has 8 amide bonds. The molecular weight excluding hydrogens is 1800 g/mol. The summed E-state index contributed by atoms with van der Waals surface area (Å²) in [6.45, 7) is 2.50. The fourth-order valence-corrected chi connectivity index (χ4v) is 17.0. The Morgan fingerprint density at radius 3 is 0.985 bits per heavy atom. The number of ether oxygens (including phenoxy) is 2. The monoisotopic (exact) mass is 1890 g/mol. The molecular formula is C99H92Cl2F14N8O10. The number of alkyl halides is 12. The average Bonchev–Trinajstić information content (AvgIpc) is 0.832. The van der Waals surface area contributed by atoms with Gasteiger partial charge in [-0.1, -0.05) is 173 Å². The quantitative estimate of drug-likeness (QED) is 0.0418. The van der Waals surface area contributed by atoms with Crippen LogP contribution in [-0.4, -0.2) is 84.6 Å². The molecule has 0 bridgehead atoms. The summed E-state index contributed by atoms with van der Waals surface area (Å²) in [5, 5.41) is 11.8. The number of carbonyl (C=O) groups is 8. The van der Waals surface area contributed by atoms with Gasteiger partial charge >= 0.3 is 48.3 Å². The molecule has 8 aromatic carbocycles. The first-order valence-corrected chi connectivity index (χ1v) is 43.4. The Morgan fingerprint density at radius 2 is 0.654 bits per heavy atom. The van der Waals surface area contributed by atoms with Crippen LogP contribution in [0.4, 0.5) is 84.2 Å². The lowest BCUT2D eigenvalue weighted by molar-refractivity contribution is -0.138. The van der Waals surface area contributed by atoms with Crippen molar-refractivity contribution in [3.05, 3.63) is 248 Å². The topological polar surface area (TPSA) is 216 Å². The number of nitrogens with one attached hydrogen (secondary N) is 4. The third-order valence-electron chi connectivity index (χ3n) is 22.8. The number of carbonyl (C=O) groups excluding carboxylic acids is 8. The van der Waals surface area contributed by atoms with Crippen molar-refractivity contribution in [3.63, 3.8) is 0 Å². The number of aryl methyl sites for hydroxylation is 1. The molecule has 0 radical (unpaired) electrons. The first-order chi connectivity index (χ1) is 63.2. The summed E-state index contributed by atoms with van der Waals surface area (Å²) >= 11 is 12.7. The van der Waals surface area contributed by atoms with Gasteiger partial charge in [0.15, 0.2) is 11.5 Å². The van der Waals surface area contributed by atoms with Gasteiger partial charge in [0.05, 0.1) is 22.3 Å². The highest BCUT2D eigenvalue weighted by molar-refractivity contribution is 6.36. The Hall–Kier alpha value is -13.0. The number of rotatable bonds is 20. The molecule has 133 heavy (non-hydrogen) atoms. The fraction of sp³-hybridized carbons (Fsp3) is 0.354. The molecule has 0 saturated heterocycles. The zero-order chi connectivity index (χ0) is 96.7. The van der Waals surface area contributed by atoms with Gasteiger partial charge in [0.1, 0.15) is 49.0 Å². The SMILES string of the molecule is C#CC(=O)N(c1cccc(C(F)(F)F)c1)C(C(=O)NC1CCCCC1)c1c(Cl)cccc1Cl.C#CC(=O)N(c1cccc(C(F)(F)F)c1)C(C(=O)NC1CCCCC1)c1ccc(F)cc1F.C#CC(=O)N(c1cccc(C(F)(F)F)c1)C(C(=O)NC1CCCCC1)c1ccc2c(c1)OCCO2.C#CC(=O)N(c1cccc(C(F)(F)F)c1)C(C(=O)NC1CCCCC1)c1cccc(C)c1. The molecule has 700 valence electrons. The molecule has 4 N–H and O–H groups in total. The van der Waals surface area contributed by atoms with Crippen molar-refractivity contribution in [2.75, 3.05) is 32.8 Å². The van der Waals surface area contributed by atoms with Crippen LogP contribution >= 0.6 is 23.2 Å². The smallest absolute Gasteiger partial charge is 0.416 e. The van der Waals surface area contributed by atoms with E-state index < -0.39 is 136 Å². The van der Waals surface area contributed by atoms with E-state index in [0.717, 1.165) is 209 Å². The Balaban J connectivity index is 0.000000184. The standard InChI is InChI=1S/C26H25F3N2O4.C25H25F3N2O2.C24H21Cl2F3N2O2.C24H21F5N2O2/c1-2-23(32)31(20-10-6-7-18(16-20)26(27,28)29)24(25(33)30-19-8-4-3-5-9-19)17-11-12-21-22(15-17)35-14-13-34-21;1-3-22(31)30(21-14-8-11-19(16-21)25(26,27)28)23(18-10-7-9-17(2)15-18)24(32)29-20-12-5-4-6-13-20;1-2-20(32)31(17-11-6-8-15(14-17)24(27,28)29)22(21-18(25)12-7-13-19(21)26)23(33)30-16-9-4-3-5-10-16;1-2-21(32)31(18-10-6-7-15(13-18)24(27,28)29)22(19-12-11-16(25)14-20(19)26)23(33)30-17-8-4-3-5-9-17/h1,6-7,10-12,15-16,19,24H,3-5,8-9,13-14H2,(H,30,33);1,7-11,14-16,20,23H,4-6,12-13H2,2H3,(H,29,32);1,6-8,11-14,16,22H,3-5,9-10H2,(H,30,33);1,6-7,10-14,17,22H,3-5,8-9H2,(H,30,33).